The molecule has 0 aliphatic rings. The Morgan fingerprint density at radius 3 is 2.40 bits per heavy atom. The van der Waals surface area contributed by atoms with Gasteiger partial charge < -0.3 is 5.32 Å². The van der Waals surface area contributed by atoms with Crippen molar-refractivity contribution >= 4 is 28.0 Å². The van der Waals surface area contributed by atoms with E-state index in [1.54, 1.807) is 0 Å². The summed E-state index contributed by atoms with van der Waals surface area (Å²) in [5, 5.41) is 2.32. The lowest BCUT2D eigenvalue weighted by atomic mass is 9.87. The second-order valence-corrected chi connectivity index (χ2v) is 5.18. The zero-order valence-electron chi connectivity index (χ0n) is 8.90. The molecular weight excluding hydrogens is 261 g/mol. The predicted molar refractivity (Wildman–Crippen MR) is 62.5 cm³/mol. The van der Waals surface area contributed by atoms with Crippen LogP contribution >= 0.6 is 15.9 Å². The maximum Gasteiger partial charge on any atom is 0.211 e. The van der Waals surface area contributed by atoms with Gasteiger partial charge in [0.2, 0.25) is 6.41 Å². The monoisotopic (exact) mass is 273 g/mol. The summed E-state index contributed by atoms with van der Waals surface area (Å²) in [5.41, 5.74) is 0.935. The van der Waals surface area contributed by atoms with E-state index in [9.17, 15) is 9.18 Å². The van der Waals surface area contributed by atoms with Crippen molar-refractivity contribution in [2.75, 3.05) is 5.32 Å². The standard InChI is InChI=1S/C11H13BrFNO/c1-11(2,3)7-4-8(12)10(14-6-15)9(13)5-7/h4-6H,1-3H3,(H,14,15). The molecular formula is C11H13BrFNO. The Morgan fingerprint density at radius 2 is 2.00 bits per heavy atom. The van der Waals surface area contributed by atoms with Gasteiger partial charge in [-0.15, -0.1) is 0 Å². The molecule has 1 aromatic carbocycles. The highest BCUT2D eigenvalue weighted by molar-refractivity contribution is 9.10. The second-order valence-electron chi connectivity index (χ2n) is 4.33. The summed E-state index contributed by atoms with van der Waals surface area (Å²) in [5.74, 6) is -0.429. The van der Waals surface area contributed by atoms with Crippen molar-refractivity contribution < 1.29 is 9.18 Å². The van der Waals surface area contributed by atoms with Crippen molar-refractivity contribution in [3.63, 3.8) is 0 Å². The fourth-order valence-electron chi connectivity index (χ4n) is 1.20. The van der Waals surface area contributed by atoms with Crippen molar-refractivity contribution in [2.24, 2.45) is 0 Å². The van der Waals surface area contributed by atoms with Crippen LogP contribution in [0.1, 0.15) is 26.3 Å². The maximum absolute atomic E-state index is 13.6. The minimum absolute atomic E-state index is 0.122. The maximum atomic E-state index is 13.6. The first kappa shape index (κ1) is 12.2. The van der Waals surface area contributed by atoms with Crippen LogP contribution in [-0.2, 0) is 10.2 Å². The Kier molecular flexibility index (Phi) is 3.50. The van der Waals surface area contributed by atoms with Gasteiger partial charge in [-0.3, -0.25) is 4.79 Å². The number of hydrogen-bond acceptors (Lipinski definition) is 1. The van der Waals surface area contributed by atoms with E-state index in [1.165, 1.54) is 6.07 Å². The molecule has 0 spiro atoms. The van der Waals surface area contributed by atoms with Crippen LogP contribution in [0.2, 0.25) is 0 Å². The normalized spacial score (nSPS) is 11.3. The molecule has 82 valence electrons. The quantitative estimate of drug-likeness (QED) is 0.822. The molecule has 0 atom stereocenters. The van der Waals surface area contributed by atoms with Gasteiger partial charge in [0.15, 0.2) is 0 Å². The van der Waals surface area contributed by atoms with Gasteiger partial charge in [0, 0.05) is 4.47 Å². The van der Waals surface area contributed by atoms with Gasteiger partial charge in [-0.25, -0.2) is 4.39 Å². The Labute approximate surface area is 97.0 Å². The highest BCUT2D eigenvalue weighted by Gasteiger charge is 2.17. The number of benzene rings is 1. The zero-order chi connectivity index (χ0) is 11.6. The Bertz CT molecular complexity index is 362. The van der Waals surface area contributed by atoms with Crippen LogP contribution in [0.15, 0.2) is 16.6 Å². The van der Waals surface area contributed by atoms with Gasteiger partial charge in [-0.1, -0.05) is 20.8 Å². The van der Waals surface area contributed by atoms with Crippen LogP contribution in [0.25, 0.3) is 0 Å². The summed E-state index contributed by atoms with van der Waals surface area (Å²) in [6, 6.07) is 3.26. The second kappa shape index (κ2) is 4.31. The highest BCUT2D eigenvalue weighted by atomic mass is 79.9. The lowest BCUT2D eigenvalue weighted by molar-refractivity contribution is -0.105. The van der Waals surface area contributed by atoms with Gasteiger partial charge in [-0.05, 0) is 39.0 Å². The number of amides is 1. The topological polar surface area (TPSA) is 29.1 Å². The number of hydrogen-bond donors (Lipinski definition) is 1. The summed E-state index contributed by atoms with van der Waals surface area (Å²) in [4.78, 5) is 10.3. The molecule has 0 aliphatic carbocycles. The number of rotatable bonds is 2. The van der Waals surface area contributed by atoms with Gasteiger partial charge in [0.25, 0.3) is 0 Å². The number of carbonyl (C=O) groups excluding carboxylic acids is 1. The van der Waals surface area contributed by atoms with Gasteiger partial charge >= 0.3 is 0 Å². The summed E-state index contributed by atoms with van der Waals surface area (Å²) < 4.78 is 14.1. The largest absolute Gasteiger partial charge is 0.325 e. The van der Waals surface area contributed by atoms with E-state index in [0.29, 0.717) is 10.9 Å². The van der Waals surface area contributed by atoms with E-state index in [2.05, 4.69) is 21.2 Å². The molecule has 0 unspecified atom stereocenters. The average Bonchev–Trinajstić information content (AvgIpc) is 2.09. The zero-order valence-corrected chi connectivity index (χ0v) is 10.5. The Morgan fingerprint density at radius 1 is 1.40 bits per heavy atom. The first-order chi connectivity index (χ1) is 6.86. The van der Waals surface area contributed by atoms with Crippen LogP contribution in [0, 0.1) is 5.82 Å². The molecule has 4 heteroatoms. The third kappa shape index (κ3) is 2.78. The predicted octanol–water partition coefficient (Wildman–Crippen LogP) is 3.45. The smallest absolute Gasteiger partial charge is 0.211 e. The molecule has 1 rings (SSSR count). The number of carbonyl (C=O) groups is 1. The molecule has 0 fully saturated rings. The summed E-state index contributed by atoms with van der Waals surface area (Å²) >= 11 is 3.23. The van der Waals surface area contributed by atoms with Crippen molar-refractivity contribution in [2.45, 2.75) is 26.2 Å². The molecule has 0 saturated heterocycles. The van der Waals surface area contributed by atoms with Crippen molar-refractivity contribution in [1.29, 1.82) is 0 Å². The molecule has 1 amide bonds. The van der Waals surface area contributed by atoms with E-state index in [-0.39, 0.29) is 11.1 Å². The van der Waals surface area contributed by atoms with Crippen molar-refractivity contribution in [1.82, 2.24) is 0 Å². The highest BCUT2D eigenvalue weighted by Crippen LogP contribution is 2.32. The summed E-state index contributed by atoms with van der Waals surface area (Å²) in [6.07, 6.45) is 0.458. The first-order valence-electron chi connectivity index (χ1n) is 4.56. The van der Waals surface area contributed by atoms with Crippen molar-refractivity contribution in [3.05, 3.63) is 28.0 Å². The number of anilines is 1. The van der Waals surface area contributed by atoms with E-state index < -0.39 is 5.82 Å². The van der Waals surface area contributed by atoms with Crippen LogP contribution in [0.5, 0.6) is 0 Å². The van der Waals surface area contributed by atoms with Crippen molar-refractivity contribution in [3.8, 4) is 0 Å². The van der Waals surface area contributed by atoms with E-state index in [4.69, 9.17) is 0 Å². The molecule has 0 bridgehead atoms. The van der Waals surface area contributed by atoms with Crippen LogP contribution < -0.4 is 5.32 Å². The molecule has 0 aromatic heterocycles. The lowest BCUT2D eigenvalue weighted by Crippen LogP contribution is -2.12. The fourth-order valence-corrected chi connectivity index (χ4v) is 1.75. The van der Waals surface area contributed by atoms with Gasteiger partial charge in [0.1, 0.15) is 5.82 Å². The molecule has 0 heterocycles. The molecule has 2 nitrogen and oxygen atoms in total. The summed E-state index contributed by atoms with van der Waals surface area (Å²) in [6.45, 7) is 6.00. The minimum atomic E-state index is -0.429. The van der Waals surface area contributed by atoms with E-state index in [1.807, 2.05) is 26.8 Å². The number of nitrogens with one attached hydrogen (secondary N) is 1. The fraction of sp³-hybridized carbons (Fsp3) is 0.364. The van der Waals surface area contributed by atoms with Gasteiger partial charge in [-0.2, -0.15) is 0 Å². The van der Waals surface area contributed by atoms with Crippen LogP contribution in [0.4, 0.5) is 10.1 Å². The lowest BCUT2D eigenvalue weighted by Gasteiger charge is -2.20. The molecule has 0 aliphatic heterocycles. The van der Waals surface area contributed by atoms with Gasteiger partial charge in [0.05, 0.1) is 5.69 Å². The Balaban J connectivity index is 3.25. The third-order valence-electron chi connectivity index (χ3n) is 2.11. The molecule has 0 radical (unpaired) electrons. The molecule has 15 heavy (non-hydrogen) atoms. The first-order valence-corrected chi connectivity index (χ1v) is 5.35. The SMILES string of the molecule is CC(C)(C)c1cc(F)c(NC=O)c(Br)c1. The number of halogens is 2. The van der Waals surface area contributed by atoms with E-state index in [0.717, 1.165) is 5.56 Å². The molecule has 1 N–H and O–H groups in total. The minimum Gasteiger partial charge on any atom is -0.325 e. The average molecular weight is 274 g/mol. The molecule has 1 aromatic rings. The Hall–Kier alpha value is -0.900. The third-order valence-corrected chi connectivity index (χ3v) is 2.74. The van der Waals surface area contributed by atoms with E-state index >= 15 is 0 Å². The van der Waals surface area contributed by atoms with Crippen LogP contribution in [0.3, 0.4) is 0 Å². The molecule has 0 saturated carbocycles. The summed E-state index contributed by atoms with van der Waals surface area (Å²) in [7, 11) is 0. The van der Waals surface area contributed by atoms with Crippen LogP contribution in [-0.4, -0.2) is 6.41 Å².